The normalized spacial score (nSPS) is 18.6. The first-order valence-corrected chi connectivity index (χ1v) is 7.30. The fourth-order valence-corrected chi connectivity index (χ4v) is 2.63. The number of fused-ring (bicyclic) bond motifs is 1. The summed E-state index contributed by atoms with van der Waals surface area (Å²) in [5.41, 5.74) is 6.58. The number of hydrogen-bond acceptors (Lipinski definition) is 4. The van der Waals surface area contributed by atoms with Gasteiger partial charge in [0, 0.05) is 11.4 Å². The Morgan fingerprint density at radius 1 is 1.38 bits per heavy atom. The van der Waals surface area contributed by atoms with Gasteiger partial charge in [0.1, 0.15) is 12.2 Å². The van der Waals surface area contributed by atoms with Crippen molar-refractivity contribution in [1.29, 1.82) is 0 Å². The van der Waals surface area contributed by atoms with Crippen LogP contribution in [0.5, 0.6) is 5.88 Å². The number of para-hydroxylation sites is 1. The number of nitrogens with zero attached hydrogens (tertiary/aromatic N) is 1. The van der Waals surface area contributed by atoms with Crippen molar-refractivity contribution in [3.8, 4) is 5.88 Å². The van der Waals surface area contributed by atoms with Gasteiger partial charge in [0.05, 0.1) is 5.52 Å². The number of rotatable bonds is 4. The lowest BCUT2D eigenvalue weighted by Gasteiger charge is -2.23. The van der Waals surface area contributed by atoms with Crippen LogP contribution in [-0.2, 0) is 0 Å². The van der Waals surface area contributed by atoms with Crippen LogP contribution in [0.3, 0.4) is 0 Å². The van der Waals surface area contributed by atoms with Gasteiger partial charge in [-0.2, -0.15) is 0 Å². The summed E-state index contributed by atoms with van der Waals surface area (Å²) in [5, 5.41) is 4.29. The van der Waals surface area contributed by atoms with Gasteiger partial charge < -0.3 is 15.8 Å². The van der Waals surface area contributed by atoms with Gasteiger partial charge in [-0.05, 0) is 31.5 Å². The monoisotopic (exact) mass is 285 g/mol. The number of piperidine rings is 1. The summed E-state index contributed by atoms with van der Waals surface area (Å²) in [6.45, 7) is 1.52. The minimum Gasteiger partial charge on any atom is -0.475 e. The molecule has 1 fully saturated rings. The van der Waals surface area contributed by atoms with Gasteiger partial charge in [-0.1, -0.05) is 24.6 Å². The van der Waals surface area contributed by atoms with Crippen LogP contribution in [0, 0.1) is 0 Å². The number of amides is 1. The third-order valence-corrected chi connectivity index (χ3v) is 3.79. The van der Waals surface area contributed by atoms with Crippen LogP contribution < -0.4 is 15.8 Å². The van der Waals surface area contributed by atoms with Crippen molar-refractivity contribution < 1.29 is 9.53 Å². The van der Waals surface area contributed by atoms with Gasteiger partial charge in [0.2, 0.25) is 5.88 Å². The molecule has 0 bridgehead atoms. The standard InChI is InChI=1S/C16H19N3O2/c17-15(20)13-9-11-5-1-2-7-14(11)19-16(13)21-10-12-6-3-4-8-18-12/h1-2,5,7,9,12,18H,3-4,6,8,10H2,(H2,17,20). The zero-order valence-corrected chi connectivity index (χ0v) is 11.8. The SMILES string of the molecule is NC(=O)c1cc2ccccc2nc1OCC1CCCCN1. The molecule has 3 N–H and O–H groups in total. The van der Waals surface area contributed by atoms with Crippen LogP contribution in [-0.4, -0.2) is 30.1 Å². The Morgan fingerprint density at radius 2 is 2.24 bits per heavy atom. The summed E-state index contributed by atoms with van der Waals surface area (Å²) >= 11 is 0. The van der Waals surface area contributed by atoms with E-state index in [1.807, 2.05) is 24.3 Å². The van der Waals surface area contributed by atoms with E-state index < -0.39 is 5.91 Å². The van der Waals surface area contributed by atoms with E-state index >= 15 is 0 Å². The highest BCUT2D eigenvalue weighted by molar-refractivity contribution is 5.98. The van der Waals surface area contributed by atoms with E-state index in [9.17, 15) is 4.79 Å². The molecule has 5 nitrogen and oxygen atoms in total. The van der Waals surface area contributed by atoms with Crippen LogP contribution in [0.15, 0.2) is 30.3 Å². The molecule has 110 valence electrons. The van der Waals surface area contributed by atoms with Crippen LogP contribution >= 0.6 is 0 Å². The van der Waals surface area contributed by atoms with E-state index in [2.05, 4.69) is 10.3 Å². The van der Waals surface area contributed by atoms with Gasteiger partial charge in [0.15, 0.2) is 0 Å². The van der Waals surface area contributed by atoms with Gasteiger partial charge in [-0.15, -0.1) is 0 Å². The molecule has 3 rings (SSSR count). The number of carbonyl (C=O) groups is 1. The summed E-state index contributed by atoms with van der Waals surface area (Å²) < 4.78 is 5.77. The van der Waals surface area contributed by atoms with Crippen molar-refractivity contribution in [2.45, 2.75) is 25.3 Å². The van der Waals surface area contributed by atoms with Crippen molar-refractivity contribution >= 4 is 16.8 Å². The van der Waals surface area contributed by atoms with Crippen molar-refractivity contribution in [3.63, 3.8) is 0 Å². The molecule has 1 amide bonds. The fraction of sp³-hybridized carbons (Fsp3) is 0.375. The molecule has 1 aromatic heterocycles. The fourth-order valence-electron chi connectivity index (χ4n) is 2.63. The number of pyridine rings is 1. The first-order valence-electron chi connectivity index (χ1n) is 7.30. The maximum atomic E-state index is 11.6. The Hall–Kier alpha value is -2.14. The molecule has 2 aromatic rings. The van der Waals surface area contributed by atoms with Crippen molar-refractivity contribution in [2.75, 3.05) is 13.2 Å². The quantitative estimate of drug-likeness (QED) is 0.899. The minimum atomic E-state index is -0.514. The van der Waals surface area contributed by atoms with Crippen LogP contribution in [0.1, 0.15) is 29.6 Å². The molecule has 21 heavy (non-hydrogen) atoms. The van der Waals surface area contributed by atoms with Crippen molar-refractivity contribution in [3.05, 3.63) is 35.9 Å². The molecule has 0 aliphatic carbocycles. The Kier molecular flexibility index (Phi) is 4.01. The van der Waals surface area contributed by atoms with E-state index in [1.54, 1.807) is 6.07 Å². The molecule has 0 radical (unpaired) electrons. The van der Waals surface area contributed by atoms with Crippen LogP contribution in [0.2, 0.25) is 0 Å². The molecule has 1 aliphatic rings. The molecule has 1 unspecified atom stereocenters. The lowest BCUT2D eigenvalue weighted by Crippen LogP contribution is -2.38. The number of primary amides is 1. The summed E-state index contributed by atoms with van der Waals surface area (Å²) in [5.74, 6) is -0.187. The predicted octanol–water partition coefficient (Wildman–Crippen LogP) is 1.85. The summed E-state index contributed by atoms with van der Waals surface area (Å²) in [6, 6.07) is 9.67. The smallest absolute Gasteiger partial charge is 0.254 e. The molecule has 1 aliphatic heterocycles. The highest BCUT2D eigenvalue weighted by Crippen LogP contribution is 2.22. The van der Waals surface area contributed by atoms with Gasteiger partial charge in [0.25, 0.3) is 5.91 Å². The highest BCUT2D eigenvalue weighted by atomic mass is 16.5. The second kappa shape index (κ2) is 6.10. The Labute approximate surface area is 123 Å². The van der Waals surface area contributed by atoms with Crippen molar-refractivity contribution in [1.82, 2.24) is 10.3 Å². The maximum absolute atomic E-state index is 11.6. The minimum absolute atomic E-state index is 0.313. The van der Waals surface area contributed by atoms with E-state index in [4.69, 9.17) is 10.5 Å². The Balaban J connectivity index is 1.84. The van der Waals surface area contributed by atoms with Gasteiger partial charge in [-0.3, -0.25) is 4.79 Å². The van der Waals surface area contributed by atoms with E-state index in [0.29, 0.717) is 24.1 Å². The second-order valence-electron chi connectivity index (χ2n) is 5.36. The number of aromatic nitrogens is 1. The van der Waals surface area contributed by atoms with Crippen molar-refractivity contribution in [2.24, 2.45) is 5.73 Å². The summed E-state index contributed by atoms with van der Waals surface area (Å²) in [7, 11) is 0. The number of hydrogen-bond donors (Lipinski definition) is 2. The molecular formula is C16H19N3O2. The third kappa shape index (κ3) is 3.13. The average Bonchev–Trinajstić information content (AvgIpc) is 2.53. The number of ether oxygens (including phenoxy) is 1. The molecule has 5 heteroatoms. The zero-order chi connectivity index (χ0) is 14.7. The van der Waals surface area contributed by atoms with E-state index in [0.717, 1.165) is 23.9 Å². The van der Waals surface area contributed by atoms with Crippen LogP contribution in [0.25, 0.3) is 10.9 Å². The maximum Gasteiger partial charge on any atom is 0.254 e. The Bertz CT molecular complexity index is 651. The molecule has 1 saturated heterocycles. The lowest BCUT2D eigenvalue weighted by atomic mass is 10.1. The van der Waals surface area contributed by atoms with Crippen LogP contribution in [0.4, 0.5) is 0 Å². The molecule has 1 aromatic carbocycles. The van der Waals surface area contributed by atoms with E-state index in [-0.39, 0.29) is 0 Å². The lowest BCUT2D eigenvalue weighted by molar-refractivity contribution is 0.0994. The van der Waals surface area contributed by atoms with E-state index in [1.165, 1.54) is 12.8 Å². The first kappa shape index (κ1) is 13.8. The average molecular weight is 285 g/mol. The summed E-state index contributed by atoms with van der Waals surface area (Å²) in [4.78, 5) is 16.0. The second-order valence-corrected chi connectivity index (χ2v) is 5.36. The van der Waals surface area contributed by atoms with Gasteiger partial charge in [-0.25, -0.2) is 4.98 Å². The molecule has 1 atom stereocenters. The number of benzene rings is 1. The molecular weight excluding hydrogens is 266 g/mol. The third-order valence-electron chi connectivity index (χ3n) is 3.79. The first-order chi connectivity index (χ1) is 10.2. The molecule has 0 saturated carbocycles. The number of nitrogens with one attached hydrogen (secondary N) is 1. The van der Waals surface area contributed by atoms with Gasteiger partial charge >= 0.3 is 0 Å². The molecule has 0 spiro atoms. The number of nitrogens with two attached hydrogens (primary N) is 1. The largest absolute Gasteiger partial charge is 0.475 e. The topological polar surface area (TPSA) is 77.2 Å². The highest BCUT2D eigenvalue weighted by Gasteiger charge is 2.17. The zero-order valence-electron chi connectivity index (χ0n) is 11.8. The Morgan fingerprint density at radius 3 is 3.00 bits per heavy atom. The molecule has 2 heterocycles. The number of carbonyl (C=O) groups excluding carboxylic acids is 1. The summed E-state index contributed by atoms with van der Waals surface area (Å²) in [6.07, 6.45) is 3.49. The predicted molar refractivity (Wildman–Crippen MR) is 81.4 cm³/mol.